The normalized spacial score (nSPS) is 10.3. The molecule has 0 radical (unpaired) electrons. The molecule has 0 fully saturated rings. The maximum Gasteiger partial charge on any atom is 0.188 e. The highest BCUT2D eigenvalue weighted by atomic mass is 16.3. The van der Waals surface area contributed by atoms with E-state index in [9.17, 15) is 4.79 Å². The van der Waals surface area contributed by atoms with Crippen molar-refractivity contribution < 1.29 is 9.21 Å². The van der Waals surface area contributed by atoms with Crippen LogP contribution in [0.3, 0.4) is 0 Å². The van der Waals surface area contributed by atoms with E-state index in [1.807, 2.05) is 19.1 Å². The van der Waals surface area contributed by atoms with E-state index >= 15 is 0 Å². The Kier molecular flexibility index (Phi) is 3.15. The van der Waals surface area contributed by atoms with Crippen LogP contribution in [0.25, 0.3) is 0 Å². The Labute approximate surface area is 94.1 Å². The molecule has 2 aromatic heterocycles. The van der Waals surface area contributed by atoms with E-state index in [0.717, 1.165) is 12.0 Å². The van der Waals surface area contributed by atoms with Crippen LogP contribution >= 0.6 is 0 Å². The van der Waals surface area contributed by atoms with Gasteiger partial charge in [0.1, 0.15) is 11.5 Å². The maximum atomic E-state index is 12.0. The van der Waals surface area contributed by atoms with E-state index < -0.39 is 0 Å². The summed E-state index contributed by atoms with van der Waals surface area (Å²) in [7, 11) is 0. The van der Waals surface area contributed by atoms with Gasteiger partial charge in [-0.25, -0.2) is 0 Å². The Morgan fingerprint density at radius 2 is 2.25 bits per heavy atom. The van der Waals surface area contributed by atoms with E-state index in [2.05, 4.69) is 4.98 Å². The summed E-state index contributed by atoms with van der Waals surface area (Å²) in [6.07, 6.45) is 4.31. The number of ketones is 1. The van der Waals surface area contributed by atoms with Gasteiger partial charge in [-0.2, -0.15) is 0 Å². The van der Waals surface area contributed by atoms with Gasteiger partial charge in [-0.05, 0) is 30.2 Å². The van der Waals surface area contributed by atoms with Gasteiger partial charge in [0.25, 0.3) is 0 Å². The first-order valence-corrected chi connectivity index (χ1v) is 5.30. The Bertz CT molecular complexity index is 474. The highest BCUT2D eigenvalue weighted by Crippen LogP contribution is 2.11. The number of carbonyl (C=O) groups excluding carboxylic acids is 1. The monoisotopic (exact) mass is 215 g/mol. The standard InChI is InChI=1S/C13H13NO2/c1-2-10-5-3-7-14-13(10)12(15)9-11-6-4-8-16-11/h3-8H,2,9H2,1H3. The Morgan fingerprint density at radius 3 is 2.94 bits per heavy atom. The second kappa shape index (κ2) is 4.75. The van der Waals surface area contributed by atoms with Gasteiger partial charge in [0.15, 0.2) is 5.78 Å². The summed E-state index contributed by atoms with van der Waals surface area (Å²) in [6, 6.07) is 7.36. The lowest BCUT2D eigenvalue weighted by molar-refractivity contribution is 0.0981. The summed E-state index contributed by atoms with van der Waals surface area (Å²) in [5, 5.41) is 0. The summed E-state index contributed by atoms with van der Waals surface area (Å²) in [6.45, 7) is 2.01. The molecule has 0 spiro atoms. The van der Waals surface area contributed by atoms with Crippen LogP contribution < -0.4 is 0 Å². The molecule has 0 N–H and O–H groups in total. The van der Waals surface area contributed by atoms with Crippen LogP contribution in [-0.4, -0.2) is 10.8 Å². The Hall–Kier alpha value is -1.90. The zero-order valence-electron chi connectivity index (χ0n) is 9.14. The fourth-order valence-electron chi connectivity index (χ4n) is 1.63. The molecule has 0 aliphatic rings. The molecular weight excluding hydrogens is 202 g/mol. The predicted molar refractivity (Wildman–Crippen MR) is 60.4 cm³/mol. The maximum absolute atomic E-state index is 12.0. The SMILES string of the molecule is CCc1cccnc1C(=O)Cc1ccco1. The van der Waals surface area contributed by atoms with E-state index in [-0.39, 0.29) is 12.2 Å². The highest BCUT2D eigenvalue weighted by Gasteiger charge is 2.13. The number of rotatable bonds is 4. The lowest BCUT2D eigenvalue weighted by Crippen LogP contribution is -2.08. The van der Waals surface area contributed by atoms with Gasteiger partial charge in [0.05, 0.1) is 12.7 Å². The second-order valence-corrected chi connectivity index (χ2v) is 3.54. The lowest BCUT2D eigenvalue weighted by atomic mass is 10.1. The molecule has 2 heterocycles. The summed E-state index contributed by atoms with van der Waals surface area (Å²) >= 11 is 0. The molecule has 0 aromatic carbocycles. The smallest absolute Gasteiger partial charge is 0.188 e. The molecule has 0 saturated carbocycles. The number of hydrogen-bond donors (Lipinski definition) is 0. The van der Waals surface area contributed by atoms with Crippen LogP contribution in [0.15, 0.2) is 41.1 Å². The summed E-state index contributed by atoms with van der Waals surface area (Å²) in [5.74, 6) is 0.685. The number of nitrogens with zero attached hydrogens (tertiary/aromatic N) is 1. The third kappa shape index (κ3) is 2.19. The summed E-state index contributed by atoms with van der Waals surface area (Å²) in [5.41, 5.74) is 1.54. The average molecular weight is 215 g/mol. The first kappa shape index (κ1) is 10.6. The molecule has 2 rings (SSSR count). The molecule has 16 heavy (non-hydrogen) atoms. The molecule has 3 heteroatoms. The molecule has 0 amide bonds. The van der Waals surface area contributed by atoms with Crippen molar-refractivity contribution in [2.45, 2.75) is 19.8 Å². The van der Waals surface area contributed by atoms with Gasteiger partial charge in [-0.3, -0.25) is 9.78 Å². The van der Waals surface area contributed by atoms with Crippen LogP contribution in [0.1, 0.15) is 28.7 Å². The number of furan rings is 1. The molecule has 3 nitrogen and oxygen atoms in total. The number of aromatic nitrogens is 1. The first-order chi connectivity index (χ1) is 7.81. The van der Waals surface area contributed by atoms with Crippen molar-refractivity contribution in [3.05, 3.63) is 53.7 Å². The number of Topliss-reactive ketones (excluding diaryl/α,β-unsaturated/α-hetero) is 1. The minimum absolute atomic E-state index is 0.00685. The van der Waals surface area contributed by atoms with Crippen LogP contribution in [0.4, 0.5) is 0 Å². The largest absolute Gasteiger partial charge is 0.469 e. The van der Waals surface area contributed by atoms with Gasteiger partial charge in [-0.15, -0.1) is 0 Å². The van der Waals surface area contributed by atoms with Gasteiger partial charge in [-0.1, -0.05) is 13.0 Å². The molecule has 0 bridgehead atoms. The van der Waals surface area contributed by atoms with Gasteiger partial charge < -0.3 is 4.42 Å². The fourth-order valence-corrected chi connectivity index (χ4v) is 1.63. The van der Waals surface area contributed by atoms with Crippen molar-refractivity contribution in [2.75, 3.05) is 0 Å². The molecule has 2 aromatic rings. The Balaban J connectivity index is 2.21. The summed E-state index contributed by atoms with van der Waals surface area (Å²) < 4.78 is 5.15. The number of aryl methyl sites for hydroxylation is 1. The van der Waals surface area contributed by atoms with Crippen LogP contribution in [0, 0.1) is 0 Å². The number of pyridine rings is 1. The predicted octanol–water partition coefficient (Wildman–Crippen LogP) is 2.66. The van der Waals surface area contributed by atoms with Crippen LogP contribution in [0.2, 0.25) is 0 Å². The molecular formula is C13H13NO2. The number of carbonyl (C=O) groups is 1. The fraction of sp³-hybridized carbons (Fsp3) is 0.231. The molecule has 0 atom stereocenters. The third-order valence-corrected chi connectivity index (χ3v) is 2.45. The van der Waals surface area contributed by atoms with E-state index in [4.69, 9.17) is 4.42 Å². The lowest BCUT2D eigenvalue weighted by Gasteiger charge is -2.03. The topological polar surface area (TPSA) is 43.1 Å². The molecule has 0 aliphatic carbocycles. The van der Waals surface area contributed by atoms with Crippen molar-refractivity contribution in [1.29, 1.82) is 0 Å². The van der Waals surface area contributed by atoms with Crippen molar-refractivity contribution >= 4 is 5.78 Å². The molecule has 0 aliphatic heterocycles. The van der Waals surface area contributed by atoms with E-state index in [1.165, 1.54) is 0 Å². The molecule has 0 saturated heterocycles. The van der Waals surface area contributed by atoms with Crippen LogP contribution in [-0.2, 0) is 12.8 Å². The van der Waals surface area contributed by atoms with Crippen molar-refractivity contribution in [3.63, 3.8) is 0 Å². The quantitative estimate of drug-likeness (QED) is 0.736. The van der Waals surface area contributed by atoms with Crippen LogP contribution in [0.5, 0.6) is 0 Å². The van der Waals surface area contributed by atoms with Crippen molar-refractivity contribution in [3.8, 4) is 0 Å². The van der Waals surface area contributed by atoms with Crippen molar-refractivity contribution in [1.82, 2.24) is 4.98 Å². The Morgan fingerprint density at radius 1 is 1.38 bits per heavy atom. The third-order valence-electron chi connectivity index (χ3n) is 2.45. The zero-order valence-corrected chi connectivity index (χ0v) is 9.14. The highest BCUT2D eigenvalue weighted by molar-refractivity contribution is 5.96. The number of hydrogen-bond acceptors (Lipinski definition) is 3. The van der Waals surface area contributed by atoms with Gasteiger partial charge in [0.2, 0.25) is 0 Å². The van der Waals surface area contributed by atoms with Gasteiger partial charge in [0, 0.05) is 6.20 Å². The minimum Gasteiger partial charge on any atom is -0.469 e. The minimum atomic E-state index is 0.00685. The van der Waals surface area contributed by atoms with Gasteiger partial charge >= 0.3 is 0 Å². The molecule has 82 valence electrons. The van der Waals surface area contributed by atoms with E-state index in [1.54, 1.807) is 24.6 Å². The first-order valence-electron chi connectivity index (χ1n) is 5.30. The summed E-state index contributed by atoms with van der Waals surface area (Å²) in [4.78, 5) is 16.1. The molecule has 0 unspecified atom stereocenters. The second-order valence-electron chi connectivity index (χ2n) is 3.54. The average Bonchev–Trinajstić information content (AvgIpc) is 2.81. The van der Waals surface area contributed by atoms with E-state index in [0.29, 0.717) is 11.5 Å². The van der Waals surface area contributed by atoms with Crippen molar-refractivity contribution in [2.24, 2.45) is 0 Å². The zero-order chi connectivity index (χ0) is 11.4.